The van der Waals surface area contributed by atoms with Crippen molar-refractivity contribution in [2.45, 2.75) is 10.6 Å². The summed E-state index contributed by atoms with van der Waals surface area (Å²) in [6, 6.07) is 5.32. The van der Waals surface area contributed by atoms with Gasteiger partial charge in [-0.15, -0.1) is 0 Å². The summed E-state index contributed by atoms with van der Waals surface area (Å²) in [4.78, 5) is 4.66. The summed E-state index contributed by atoms with van der Waals surface area (Å²) in [5.74, 6) is 0.980. The van der Waals surface area contributed by atoms with Gasteiger partial charge in [0.25, 0.3) is 0 Å². The predicted octanol–water partition coefficient (Wildman–Crippen LogP) is 1.47. The van der Waals surface area contributed by atoms with Gasteiger partial charge in [0, 0.05) is 17.2 Å². The van der Waals surface area contributed by atoms with Gasteiger partial charge in [-0.25, -0.2) is 4.98 Å². The molecule has 17 heavy (non-hydrogen) atoms. The number of aryl methyl sites for hydroxylation is 1. The van der Waals surface area contributed by atoms with Gasteiger partial charge in [0.15, 0.2) is 0 Å². The van der Waals surface area contributed by atoms with Crippen molar-refractivity contribution in [3.8, 4) is 0 Å². The van der Waals surface area contributed by atoms with Crippen molar-refractivity contribution in [3.05, 3.63) is 34.8 Å². The van der Waals surface area contributed by atoms with Crippen LogP contribution >= 0.6 is 15.9 Å². The highest BCUT2D eigenvalue weighted by molar-refractivity contribution is 9.10. The maximum Gasteiger partial charge on any atom is 0.139 e. The van der Waals surface area contributed by atoms with Crippen LogP contribution in [0, 0.1) is 0 Å². The van der Waals surface area contributed by atoms with Crippen LogP contribution in [0.4, 0.5) is 5.69 Å². The molecule has 0 aliphatic carbocycles. The lowest BCUT2D eigenvalue weighted by Crippen LogP contribution is -2.06. The van der Waals surface area contributed by atoms with E-state index in [9.17, 15) is 4.21 Å². The molecule has 90 valence electrons. The normalized spacial score (nSPS) is 12.6. The number of benzene rings is 1. The molecule has 0 aliphatic heterocycles. The van der Waals surface area contributed by atoms with Crippen LogP contribution in [0.25, 0.3) is 0 Å². The van der Waals surface area contributed by atoms with Gasteiger partial charge in [0.1, 0.15) is 12.2 Å². The van der Waals surface area contributed by atoms with Gasteiger partial charge >= 0.3 is 0 Å². The second-order valence-corrected chi connectivity index (χ2v) is 5.81. The minimum atomic E-state index is -1.21. The first-order valence-electron chi connectivity index (χ1n) is 4.84. The van der Waals surface area contributed by atoms with Gasteiger partial charge < -0.3 is 5.73 Å². The largest absolute Gasteiger partial charge is 0.398 e. The molecule has 0 fully saturated rings. The zero-order chi connectivity index (χ0) is 12.4. The van der Waals surface area contributed by atoms with Gasteiger partial charge in [-0.2, -0.15) is 5.10 Å². The SMILES string of the molecule is Cn1ncnc1CS(=O)c1ccc(Br)cc1N. The average molecular weight is 315 g/mol. The average Bonchev–Trinajstić information content (AvgIpc) is 2.64. The molecular formula is C10H11BrN4OS. The predicted molar refractivity (Wildman–Crippen MR) is 69.7 cm³/mol. The summed E-state index contributed by atoms with van der Waals surface area (Å²) in [5, 5.41) is 3.93. The highest BCUT2D eigenvalue weighted by atomic mass is 79.9. The second-order valence-electron chi connectivity index (χ2n) is 3.47. The van der Waals surface area contributed by atoms with E-state index in [-0.39, 0.29) is 0 Å². The number of nitrogens with zero attached hydrogens (tertiary/aromatic N) is 3. The summed E-state index contributed by atoms with van der Waals surface area (Å²) in [5.41, 5.74) is 6.34. The van der Waals surface area contributed by atoms with E-state index in [0.717, 1.165) is 4.47 Å². The molecule has 0 spiro atoms. The second kappa shape index (κ2) is 4.97. The van der Waals surface area contributed by atoms with Crippen LogP contribution in [-0.2, 0) is 23.6 Å². The number of hydrogen-bond acceptors (Lipinski definition) is 4. The Kier molecular flexibility index (Phi) is 3.58. The van der Waals surface area contributed by atoms with Crippen molar-refractivity contribution in [1.82, 2.24) is 14.8 Å². The molecule has 0 bridgehead atoms. The van der Waals surface area contributed by atoms with E-state index >= 15 is 0 Å². The van der Waals surface area contributed by atoms with E-state index in [1.54, 1.807) is 23.9 Å². The van der Waals surface area contributed by atoms with E-state index in [4.69, 9.17) is 5.73 Å². The molecule has 0 saturated carbocycles. The van der Waals surface area contributed by atoms with Gasteiger partial charge in [-0.1, -0.05) is 15.9 Å². The third-order valence-corrected chi connectivity index (χ3v) is 4.16. The van der Waals surface area contributed by atoms with Crippen LogP contribution in [0.5, 0.6) is 0 Å². The molecule has 1 aromatic carbocycles. The molecule has 2 aromatic rings. The Labute approximate surface area is 110 Å². The van der Waals surface area contributed by atoms with Crippen molar-refractivity contribution in [2.75, 3.05) is 5.73 Å². The number of hydrogen-bond donors (Lipinski definition) is 1. The van der Waals surface area contributed by atoms with E-state index in [2.05, 4.69) is 26.0 Å². The van der Waals surface area contributed by atoms with Gasteiger partial charge in [-0.3, -0.25) is 8.89 Å². The number of halogens is 1. The van der Waals surface area contributed by atoms with Crippen molar-refractivity contribution in [1.29, 1.82) is 0 Å². The number of rotatable bonds is 3. The number of nitrogen functional groups attached to an aromatic ring is 1. The van der Waals surface area contributed by atoms with Crippen molar-refractivity contribution in [3.63, 3.8) is 0 Å². The molecule has 0 radical (unpaired) electrons. The topological polar surface area (TPSA) is 73.8 Å². The summed E-state index contributed by atoms with van der Waals surface area (Å²) in [6.07, 6.45) is 1.44. The molecule has 0 amide bonds. The molecular weight excluding hydrogens is 304 g/mol. The van der Waals surface area contributed by atoms with E-state index < -0.39 is 10.8 Å². The Hall–Kier alpha value is -1.21. The molecule has 1 aromatic heterocycles. The lowest BCUT2D eigenvalue weighted by atomic mass is 10.3. The minimum absolute atomic E-state index is 0.308. The number of nitrogens with two attached hydrogens (primary N) is 1. The lowest BCUT2D eigenvalue weighted by Gasteiger charge is -2.05. The summed E-state index contributed by atoms with van der Waals surface area (Å²) in [7, 11) is 0.556. The Bertz CT molecular complexity index is 569. The van der Waals surface area contributed by atoms with E-state index in [1.165, 1.54) is 6.33 Å². The molecule has 1 heterocycles. The highest BCUT2D eigenvalue weighted by Gasteiger charge is 2.12. The van der Waals surface area contributed by atoms with Gasteiger partial charge in [-0.05, 0) is 18.2 Å². The third-order valence-electron chi connectivity index (χ3n) is 2.28. The van der Waals surface area contributed by atoms with Crippen LogP contribution in [-0.4, -0.2) is 19.0 Å². The molecule has 1 unspecified atom stereocenters. The smallest absolute Gasteiger partial charge is 0.139 e. The standard InChI is InChI=1S/C10H11BrN4OS/c1-15-10(13-6-14-15)5-17(16)9-3-2-7(11)4-8(9)12/h2-4,6H,5,12H2,1H3. The van der Waals surface area contributed by atoms with E-state index in [0.29, 0.717) is 22.2 Å². The fourth-order valence-corrected chi connectivity index (χ4v) is 2.94. The molecule has 1 atom stereocenters. The molecule has 2 rings (SSSR count). The van der Waals surface area contributed by atoms with Gasteiger partial charge in [0.05, 0.1) is 21.4 Å². The highest BCUT2D eigenvalue weighted by Crippen LogP contribution is 2.22. The van der Waals surface area contributed by atoms with Crippen LogP contribution in [0.1, 0.15) is 5.82 Å². The zero-order valence-corrected chi connectivity index (χ0v) is 11.5. The first-order chi connectivity index (χ1) is 8.08. The van der Waals surface area contributed by atoms with Crippen LogP contribution in [0.2, 0.25) is 0 Å². The van der Waals surface area contributed by atoms with Gasteiger partial charge in [0.2, 0.25) is 0 Å². The fraction of sp³-hybridized carbons (Fsp3) is 0.200. The molecule has 0 saturated heterocycles. The third kappa shape index (κ3) is 2.73. The lowest BCUT2D eigenvalue weighted by molar-refractivity contribution is 0.675. The summed E-state index contributed by atoms with van der Waals surface area (Å²) < 4.78 is 14.6. The number of anilines is 1. The Balaban J connectivity index is 2.23. The summed E-state index contributed by atoms with van der Waals surface area (Å²) in [6.45, 7) is 0. The van der Waals surface area contributed by atoms with E-state index in [1.807, 2.05) is 6.07 Å². The molecule has 5 nitrogen and oxygen atoms in total. The molecule has 7 heteroatoms. The Morgan fingerprint density at radius 3 is 2.88 bits per heavy atom. The molecule has 0 aliphatic rings. The quantitative estimate of drug-likeness (QED) is 0.871. The zero-order valence-electron chi connectivity index (χ0n) is 9.13. The maximum absolute atomic E-state index is 12.1. The van der Waals surface area contributed by atoms with Crippen LogP contribution < -0.4 is 5.73 Å². The number of aromatic nitrogens is 3. The maximum atomic E-state index is 12.1. The Morgan fingerprint density at radius 1 is 1.53 bits per heavy atom. The van der Waals surface area contributed by atoms with Crippen LogP contribution in [0.15, 0.2) is 33.9 Å². The van der Waals surface area contributed by atoms with Crippen molar-refractivity contribution >= 4 is 32.4 Å². The monoisotopic (exact) mass is 314 g/mol. The van der Waals surface area contributed by atoms with Crippen molar-refractivity contribution in [2.24, 2.45) is 7.05 Å². The first-order valence-corrected chi connectivity index (χ1v) is 6.95. The van der Waals surface area contributed by atoms with Crippen molar-refractivity contribution < 1.29 is 4.21 Å². The molecule has 2 N–H and O–H groups in total. The minimum Gasteiger partial charge on any atom is -0.398 e. The summed E-state index contributed by atoms with van der Waals surface area (Å²) >= 11 is 3.31. The van der Waals surface area contributed by atoms with Crippen LogP contribution in [0.3, 0.4) is 0 Å². The fourth-order valence-electron chi connectivity index (χ4n) is 1.37. The Morgan fingerprint density at radius 2 is 2.29 bits per heavy atom. The first kappa shape index (κ1) is 12.3.